The van der Waals surface area contributed by atoms with E-state index in [-0.39, 0.29) is 17.8 Å². The predicted molar refractivity (Wildman–Crippen MR) is 99.3 cm³/mol. The highest BCUT2D eigenvalue weighted by molar-refractivity contribution is 6.34. The summed E-state index contributed by atoms with van der Waals surface area (Å²) in [4.78, 5) is 39.6. The third-order valence-corrected chi connectivity index (χ3v) is 4.09. The van der Waals surface area contributed by atoms with E-state index < -0.39 is 5.60 Å². The van der Waals surface area contributed by atoms with Crippen molar-refractivity contribution < 1.29 is 19.1 Å². The monoisotopic (exact) mass is 378 g/mol. The Bertz CT molecular complexity index is 716. The molecule has 0 unspecified atom stereocenters. The van der Waals surface area contributed by atoms with Gasteiger partial charge in [-0.25, -0.2) is 4.79 Å². The first-order chi connectivity index (χ1) is 12.2. The van der Waals surface area contributed by atoms with Crippen LogP contribution >= 0.6 is 11.6 Å². The molecule has 1 fully saturated rings. The third-order valence-electron chi connectivity index (χ3n) is 3.76. The summed E-state index contributed by atoms with van der Waals surface area (Å²) in [5.74, 6) is -0.592. The molecule has 1 saturated heterocycles. The number of hydrogen-bond donors (Lipinski definition) is 0. The van der Waals surface area contributed by atoms with Crippen LogP contribution in [-0.4, -0.2) is 59.4 Å². The van der Waals surface area contributed by atoms with Crippen LogP contribution in [0.4, 0.5) is 4.79 Å². The van der Waals surface area contributed by atoms with Crippen LogP contribution in [0, 0.1) is 0 Å². The number of rotatable bonds is 3. The molecule has 0 atom stereocenters. The Kier molecular flexibility index (Phi) is 6.42. The number of ether oxygens (including phenoxy) is 1. The van der Waals surface area contributed by atoms with E-state index in [4.69, 9.17) is 16.3 Å². The summed E-state index contributed by atoms with van der Waals surface area (Å²) in [6.07, 6.45) is 2.09. The number of piperazine rings is 1. The van der Waals surface area contributed by atoms with E-state index in [9.17, 15) is 14.4 Å². The van der Waals surface area contributed by atoms with Gasteiger partial charge >= 0.3 is 6.09 Å². The van der Waals surface area contributed by atoms with Crippen LogP contribution in [0.3, 0.4) is 0 Å². The van der Waals surface area contributed by atoms with Gasteiger partial charge in [0, 0.05) is 37.8 Å². The molecule has 26 heavy (non-hydrogen) atoms. The first-order valence-electron chi connectivity index (χ1n) is 8.41. The first kappa shape index (κ1) is 20.0. The van der Waals surface area contributed by atoms with E-state index in [0.29, 0.717) is 36.8 Å². The maximum atomic E-state index is 12.2. The topological polar surface area (TPSA) is 66.9 Å². The third kappa shape index (κ3) is 5.59. The van der Waals surface area contributed by atoms with Crippen LogP contribution < -0.4 is 0 Å². The van der Waals surface area contributed by atoms with Crippen molar-refractivity contribution in [1.29, 1.82) is 0 Å². The quantitative estimate of drug-likeness (QED) is 0.598. The lowest BCUT2D eigenvalue weighted by Gasteiger charge is -2.35. The molecule has 7 heteroatoms. The van der Waals surface area contributed by atoms with Crippen molar-refractivity contribution >= 4 is 29.4 Å². The van der Waals surface area contributed by atoms with Gasteiger partial charge in [-0.15, -0.1) is 0 Å². The molecule has 0 radical (unpaired) electrons. The van der Waals surface area contributed by atoms with E-state index in [1.54, 1.807) is 34.1 Å². The van der Waals surface area contributed by atoms with Crippen LogP contribution in [0.1, 0.15) is 31.1 Å². The summed E-state index contributed by atoms with van der Waals surface area (Å²) in [6.45, 7) is 7.01. The molecular formula is C19H23ClN2O4. The van der Waals surface area contributed by atoms with Crippen LogP contribution in [0.25, 0.3) is 0 Å². The van der Waals surface area contributed by atoms with Gasteiger partial charge in [0.15, 0.2) is 5.78 Å². The fraction of sp³-hybridized carbons (Fsp3) is 0.421. The average molecular weight is 379 g/mol. The predicted octanol–water partition coefficient (Wildman–Crippen LogP) is 3.16. The van der Waals surface area contributed by atoms with Crippen molar-refractivity contribution in [2.24, 2.45) is 0 Å². The molecule has 0 N–H and O–H groups in total. The zero-order valence-corrected chi connectivity index (χ0v) is 16.0. The molecule has 1 aliphatic heterocycles. The molecule has 0 spiro atoms. The molecule has 0 bridgehead atoms. The van der Waals surface area contributed by atoms with E-state index in [1.165, 1.54) is 12.2 Å². The van der Waals surface area contributed by atoms with E-state index >= 15 is 0 Å². The van der Waals surface area contributed by atoms with Gasteiger partial charge in [-0.2, -0.15) is 0 Å². The number of ketones is 1. The highest BCUT2D eigenvalue weighted by Gasteiger charge is 2.27. The Morgan fingerprint density at radius 1 is 1.00 bits per heavy atom. The van der Waals surface area contributed by atoms with Crippen molar-refractivity contribution in [2.45, 2.75) is 26.4 Å². The zero-order chi connectivity index (χ0) is 19.3. The number of carbonyl (C=O) groups is 3. The smallest absolute Gasteiger partial charge is 0.410 e. The highest BCUT2D eigenvalue weighted by Crippen LogP contribution is 2.16. The average Bonchev–Trinajstić information content (AvgIpc) is 2.58. The summed E-state index contributed by atoms with van der Waals surface area (Å²) >= 11 is 5.98. The second kappa shape index (κ2) is 8.36. The summed E-state index contributed by atoms with van der Waals surface area (Å²) in [6, 6.07) is 6.68. The number of nitrogens with zero attached hydrogens (tertiary/aromatic N) is 2. The largest absolute Gasteiger partial charge is 0.444 e. The number of carbonyl (C=O) groups excluding carboxylic acids is 3. The molecule has 1 aliphatic rings. The normalized spacial score (nSPS) is 15.2. The van der Waals surface area contributed by atoms with Crippen LogP contribution in [0.15, 0.2) is 36.4 Å². The van der Waals surface area contributed by atoms with Crippen LogP contribution in [0.5, 0.6) is 0 Å². The summed E-state index contributed by atoms with van der Waals surface area (Å²) in [5, 5.41) is 0.348. The molecule has 0 saturated carbocycles. The lowest BCUT2D eigenvalue weighted by Crippen LogP contribution is -2.51. The lowest BCUT2D eigenvalue weighted by atomic mass is 10.1. The fourth-order valence-electron chi connectivity index (χ4n) is 2.44. The maximum Gasteiger partial charge on any atom is 0.410 e. The van der Waals surface area contributed by atoms with Gasteiger partial charge in [0.25, 0.3) is 0 Å². The van der Waals surface area contributed by atoms with Crippen molar-refractivity contribution in [3.63, 3.8) is 0 Å². The van der Waals surface area contributed by atoms with Gasteiger partial charge in [-0.1, -0.05) is 23.7 Å². The van der Waals surface area contributed by atoms with E-state index in [2.05, 4.69) is 0 Å². The van der Waals surface area contributed by atoms with Gasteiger partial charge in [0.2, 0.25) is 5.91 Å². The van der Waals surface area contributed by atoms with Crippen molar-refractivity contribution in [1.82, 2.24) is 9.80 Å². The van der Waals surface area contributed by atoms with Crippen molar-refractivity contribution in [2.75, 3.05) is 26.2 Å². The van der Waals surface area contributed by atoms with Gasteiger partial charge in [-0.3, -0.25) is 9.59 Å². The molecule has 1 heterocycles. The van der Waals surface area contributed by atoms with Gasteiger partial charge in [0.05, 0.1) is 5.02 Å². The second-order valence-corrected chi connectivity index (χ2v) is 7.38. The van der Waals surface area contributed by atoms with Gasteiger partial charge in [-0.05, 0) is 39.0 Å². The van der Waals surface area contributed by atoms with Crippen LogP contribution in [-0.2, 0) is 9.53 Å². The summed E-state index contributed by atoms with van der Waals surface area (Å²) in [5.41, 5.74) is -0.195. The molecule has 6 nitrogen and oxygen atoms in total. The number of benzene rings is 1. The molecule has 0 aromatic heterocycles. The minimum atomic E-state index is -0.550. The van der Waals surface area contributed by atoms with E-state index in [0.717, 1.165) is 0 Å². The minimum absolute atomic E-state index is 0.269. The molecule has 2 rings (SSSR count). The number of halogens is 1. The Hall–Kier alpha value is -2.34. The standard InChI is InChI=1S/C19H23ClN2O4/c1-19(2,3)26-18(25)22-12-10-21(11-13-22)17(24)9-8-16(23)14-6-4-5-7-15(14)20/h4-9H,10-13H2,1-3H3/b9-8+. The summed E-state index contributed by atoms with van der Waals surface area (Å²) < 4.78 is 5.32. The molecular weight excluding hydrogens is 356 g/mol. The Morgan fingerprint density at radius 2 is 1.58 bits per heavy atom. The molecule has 140 valence electrons. The highest BCUT2D eigenvalue weighted by atomic mass is 35.5. The number of hydrogen-bond acceptors (Lipinski definition) is 4. The zero-order valence-electron chi connectivity index (χ0n) is 15.2. The second-order valence-electron chi connectivity index (χ2n) is 6.97. The number of allylic oxidation sites excluding steroid dienone is 1. The lowest BCUT2D eigenvalue weighted by molar-refractivity contribution is -0.127. The first-order valence-corrected chi connectivity index (χ1v) is 8.79. The van der Waals surface area contributed by atoms with Crippen LogP contribution in [0.2, 0.25) is 5.02 Å². The molecule has 1 aromatic carbocycles. The Balaban J connectivity index is 1.87. The minimum Gasteiger partial charge on any atom is -0.444 e. The van der Waals surface area contributed by atoms with E-state index in [1.807, 2.05) is 20.8 Å². The Morgan fingerprint density at radius 3 is 2.15 bits per heavy atom. The Labute approximate surface area is 158 Å². The SMILES string of the molecule is CC(C)(C)OC(=O)N1CCN(C(=O)/C=C/C(=O)c2ccccc2Cl)CC1. The fourth-order valence-corrected chi connectivity index (χ4v) is 2.67. The molecule has 0 aliphatic carbocycles. The van der Waals surface area contributed by atoms with Crippen molar-refractivity contribution in [3.8, 4) is 0 Å². The summed E-state index contributed by atoms with van der Waals surface area (Å²) in [7, 11) is 0. The molecule has 2 amide bonds. The van der Waals surface area contributed by atoms with Crippen molar-refractivity contribution in [3.05, 3.63) is 47.0 Å². The van der Waals surface area contributed by atoms with Gasteiger partial charge in [0.1, 0.15) is 5.60 Å². The maximum absolute atomic E-state index is 12.2. The van der Waals surface area contributed by atoms with Gasteiger partial charge < -0.3 is 14.5 Å². The number of amides is 2. The molecule has 1 aromatic rings.